The van der Waals surface area contributed by atoms with Gasteiger partial charge in [0.15, 0.2) is 0 Å². The first-order valence-corrected chi connectivity index (χ1v) is 10.2. The first-order chi connectivity index (χ1) is 13.3. The summed E-state index contributed by atoms with van der Waals surface area (Å²) >= 11 is 0. The molecule has 1 aliphatic heterocycles. The second-order valence-electron chi connectivity index (χ2n) is 8.09. The first kappa shape index (κ1) is 20.4. The summed E-state index contributed by atoms with van der Waals surface area (Å²) in [7, 11) is 0. The molecule has 2 heterocycles. The van der Waals surface area contributed by atoms with Crippen molar-refractivity contribution in [1.82, 2.24) is 15.2 Å². The summed E-state index contributed by atoms with van der Waals surface area (Å²) in [6, 6.07) is 5.86. The molecule has 152 valence electrons. The van der Waals surface area contributed by atoms with E-state index < -0.39 is 6.10 Å². The third kappa shape index (κ3) is 4.07. The molecule has 3 rings (SSSR count). The van der Waals surface area contributed by atoms with Crippen molar-refractivity contribution in [3.8, 4) is 0 Å². The predicted octanol–water partition coefficient (Wildman–Crippen LogP) is 2.78. The number of fused-ring (bicyclic) bond motifs is 1. The van der Waals surface area contributed by atoms with Crippen molar-refractivity contribution in [3.05, 3.63) is 35.0 Å². The van der Waals surface area contributed by atoms with Gasteiger partial charge in [0.2, 0.25) is 5.91 Å². The molecule has 0 aliphatic carbocycles. The zero-order valence-corrected chi connectivity index (χ0v) is 17.2. The number of aryl methyl sites for hydroxylation is 2. The number of hydrogen-bond acceptors (Lipinski definition) is 3. The molecule has 0 radical (unpaired) electrons. The second kappa shape index (κ2) is 8.35. The van der Waals surface area contributed by atoms with E-state index in [-0.39, 0.29) is 23.8 Å². The van der Waals surface area contributed by atoms with Gasteiger partial charge in [-0.2, -0.15) is 0 Å². The van der Waals surface area contributed by atoms with Gasteiger partial charge in [0.05, 0.1) is 12.1 Å². The average molecular weight is 386 g/mol. The SMILES string of the molecule is CCc1c(C(=O)N2CC[C@H](NC(=O)C(C)C)[C@@H](O)CC2)[nH]c2ccc(C)cc12. The molecule has 3 N–H and O–H groups in total. The summed E-state index contributed by atoms with van der Waals surface area (Å²) in [5.41, 5.74) is 3.82. The van der Waals surface area contributed by atoms with E-state index in [2.05, 4.69) is 30.2 Å². The Balaban J connectivity index is 1.80. The smallest absolute Gasteiger partial charge is 0.270 e. The molecule has 2 atom stereocenters. The van der Waals surface area contributed by atoms with Crippen LogP contribution in [0.2, 0.25) is 0 Å². The maximum atomic E-state index is 13.3. The Bertz CT molecular complexity index is 871. The number of aromatic amines is 1. The quantitative estimate of drug-likeness (QED) is 0.756. The highest BCUT2D eigenvalue weighted by Gasteiger charge is 2.30. The molecule has 6 heteroatoms. The van der Waals surface area contributed by atoms with Crippen LogP contribution in [0.3, 0.4) is 0 Å². The number of likely N-dealkylation sites (tertiary alicyclic amines) is 1. The number of nitrogens with one attached hydrogen (secondary N) is 2. The van der Waals surface area contributed by atoms with Gasteiger partial charge in [-0.1, -0.05) is 32.4 Å². The van der Waals surface area contributed by atoms with Crippen molar-refractivity contribution < 1.29 is 14.7 Å². The van der Waals surface area contributed by atoms with Crippen LogP contribution in [0.5, 0.6) is 0 Å². The van der Waals surface area contributed by atoms with Gasteiger partial charge in [-0.15, -0.1) is 0 Å². The summed E-state index contributed by atoms with van der Waals surface area (Å²) < 4.78 is 0. The summed E-state index contributed by atoms with van der Waals surface area (Å²) in [4.78, 5) is 30.4. The number of hydrogen-bond donors (Lipinski definition) is 3. The largest absolute Gasteiger partial charge is 0.391 e. The normalized spacial score (nSPS) is 20.4. The number of amides is 2. The molecule has 28 heavy (non-hydrogen) atoms. The fraction of sp³-hybridized carbons (Fsp3) is 0.545. The van der Waals surface area contributed by atoms with Gasteiger partial charge >= 0.3 is 0 Å². The van der Waals surface area contributed by atoms with Gasteiger partial charge < -0.3 is 20.3 Å². The molecular weight excluding hydrogens is 354 g/mol. The molecule has 2 aromatic rings. The lowest BCUT2D eigenvalue weighted by Gasteiger charge is -2.22. The van der Waals surface area contributed by atoms with E-state index in [1.165, 1.54) is 5.56 Å². The van der Waals surface area contributed by atoms with Crippen molar-refractivity contribution in [2.24, 2.45) is 5.92 Å². The lowest BCUT2D eigenvalue weighted by atomic mass is 10.1. The van der Waals surface area contributed by atoms with Crippen molar-refractivity contribution in [2.45, 2.75) is 59.1 Å². The van der Waals surface area contributed by atoms with Crippen molar-refractivity contribution in [1.29, 1.82) is 0 Å². The molecule has 1 aromatic carbocycles. The van der Waals surface area contributed by atoms with Crippen LogP contribution < -0.4 is 5.32 Å². The molecule has 1 aliphatic rings. The van der Waals surface area contributed by atoms with Crippen molar-refractivity contribution >= 4 is 22.7 Å². The number of aliphatic hydroxyl groups is 1. The fourth-order valence-corrected chi connectivity index (χ4v) is 3.88. The fourth-order valence-electron chi connectivity index (χ4n) is 3.88. The number of H-pyrrole nitrogens is 1. The van der Waals surface area contributed by atoms with Gasteiger partial charge in [0.1, 0.15) is 5.69 Å². The van der Waals surface area contributed by atoms with E-state index in [4.69, 9.17) is 0 Å². The van der Waals surface area contributed by atoms with Crippen LogP contribution in [-0.4, -0.2) is 52.0 Å². The Kier molecular flexibility index (Phi) is 6.08. The summed E-state index contributed by atoms with van der Waals surface area (Å²) in [5.74, 6) is -0.230. The van der Waals surface area contributed by atoms with E-state index in [0.717, 1.165) is 22.9 Å². The highest BCUT2D eigenvalue weighted by molar-refractivity contribution is 6.01. The van der Waals surface area contributed by atoms with Crippen LogP contribution in [0.15, 0.2) is 18.2 Å². The molecular formula is C22H31N3O3. The van der Waals surface area contributed by atoms with Gasteiger partial charge in [0, 0.05) is 29.9 Å². The molecule has 6 nitrogen and oxygen atoms in total. The van der Waals surface area contributed by atoms with Crippen molar-refractivity contribution in [2.75, 3.05) is 13.1 Å². The summed E-state index contributed by atoms with van der Waals surface area (Å²) in [6.07, 6.45) is 1.13. The maximum Gasteiger partial charge on any atom is 0.270 e. The van der Waals surface area contributed by atoms with Crippen LogP contribution in [0.1, 0.15) is 55.2 Å². The van der Waals surface area contributed by atoms with E-state index in [0.29, 0.717) is 31.6 Å². The summed E-state index contributed by atoms with van der Waals surface area (Å²) in [5, 5.41) is 14.5. The number of carbonyl (C=O) groups excluding carboxylic acids is 2. The van der Waals surface area contributed by atoms with Gasteiger partial charge in [-0.25, -0.2) is 0 Å². The minimum atomic E-state index is -0.642. The Labute approximate surface area is 166 Å². The zero-order chi connectivity index (χ0) is 20.4. The number of carbonyl (C=O) groups is 2. The number of aliphatic hydroxyl groups excluding tert-OH is 1. The number of rotatable bonds is 4. The van der Waals surface area contributed by atoms with Crippen LogP contribution in [0.4, 0.5) is 0 Å². The highest BCUT2D eigenvalue weighted by Crippen LogP contribution is 2.26. The van der Waals surface area contributed by atoms with E-state index in [9.17, 15) is 14.7 Å². The molecule has 1 fully saturated rings. The lowest BCUT2D eigenvalue weighted by Crippen LogP contribution is -2.44. The maximum absolute atomic E-state index is 13.3. The standard InChI is InChI=1S/C22H31N3O3/c1-5-15-16-12-14(4)6-7-17(16)23-20(15)22(28)25-10-8-18(19(26)9-11-25)24-21(27)13(2)3/h6-7,12-13,18-19,23,26H,5,8-11H2,1-4H3,(H,24,27)/t18-,19-/m0/s1. The molecule has 0 saturated carbocycles. The molecule has 2 amide bonds. The molecule has 0 unspecified atom stereocenters. The second-order valence-corrected chi connectivity index (χ2v) is 8.09. The average Bonchev–Trinajstić information content (AvgIpc) is 2.93. The number of aromatic nitrogens is 1. The van der Waals surface area contributed by atoms with Gasteiger partial charge in [0.25, 0.3) is 5.91 Å². The third-order valence-electron chi connectivity index (χ3n) is 5.64. The first-order valence-electron chi connectivity index (χ1n) is 10.2. The van der Waals surface area contributed by atoms with Crippen LogP contribution in [0.25, 0.3) is 10.9 Å². The zero-order valence-electron chi connectivity index (χ0n) is 17.2. The van der Waals surface area contributed by atoms with Crippen LogP contribution >= 0.6 is 0 Å². The highest BCUT2D eigenvalue weighted by atomic mass is 16.3. The monoisotopic (exact) mass is 385 g/mol. The van der Waals surface area contributed by atoms with E-state index >= 15 is 0 Å². The molecule has 0 spiro atoms. The minimum absolute atomic E-state index is 0.0336. The molecule has 1 aromatic heterocycles. The van der Waals surface area contributed by atoms with Crippen molar-refractivity contribution in [3.63, 3.8) is 0 Å². The van der Waals surface area contributed by atoms with E-state index in [1.54, 1.807) is 4.90 Å². The molecule has 0 bridgehead atoms. The van der Waals surface area contributed by atoms with Gasteiger partial charge in [-0.3, -0.25) is 9.59 Å². The predicted molar refractivity (Wildman–Crippen MR) is 110 cm³/mol. The minimum Gasteiger partial charge on any atom is -0.391 e. The topological polar surface area (TPSA) is 85.4 Å². The number of benzene rings is 1. The summed E-state index contributed by atoms with van der Waals surface area (Å²) in [6.45, 7) is 8.76. The van der Waals surface area contributed by atoms with Crippen LogP contribution in [-0.2, 0) is 11.2 Å². The third-order valence-corrected chi connectivity index (χ3v) is 5.64. The van der Waals surface area contributed by atoms with E-state index in [1.807, 2.05) is 26.0 Å². The van der Waals surface area contributed by atoms with Gasteiger partial charge in [-0.05, 0) is 43.9 Å². The Morgan fingerprint density at radius 2 is 2.00 bits per heavy atom. The Morgan fingerprint density at radius 1 is 1.29 bits per heavy atom. The lowest BCUT2D eigenvalue weighted by molar-refractivity contribution is -0.125. The molecule has 1 saturated heterocycles. The number of nitrogens with zero attached hydrogens (tertiary/aromatic N) is 1. The van der Waals surface area contributed by atoms with Crippen LogP contribution in [0, 0.1) is 12.8 Å². The Hall–Kier alpha value is -2.34. The Morgan fingerprint density at radius 3 is 2.68 bits per heavy atom.